The first-order valence-electron chi connectivity index (χ1n) is 10.4. The quantitative estimate of drug-likeness (QED) is 0.771. The number of aromatic nitrogens is 1. The van der Waals surface area contributed by atoms with E-state index in [4.69, 9.17) is 11.6 Å². The normalized spacial score (nSPS) is 18.2. The van der Waals surface area contributed by atoms with E-state index in [-0.39, 0.29) is 5.91 Å². The minimum Gasteiger partial charge on any atom is -0.369 e. The number of benzene rings is 1. The van der Waals surface area contributed by atoms with Gasteiger partial charge in [0, 0.05) is 69.8 Å². The lowest BCUT2D eigenvalue weighted by atomic mass is 10.1. The molecule has 0 spiro atoms. The van der Waals surface area contributed by atoms with Crippen LogP contribution in [0.25, 0.3) is 0 Å². The van der Waals surface area contributed by atoms with Crippen LogP contribution < -0.4 is 9.80 Å². The predicted molar refractivity (Wildman–Crippen MR) is 118 cm³/mol. The average Bonchev–Trinajstić information content (AvgIpc) is 2.79. The second kappa shape index (κ2) is 9.01. The first-order chi connectivity index (χ1) is 14.1. The molecule has 2 aromatic rings. The average molecular weight is 414 g/mol. The van der Waals surface area contributed by atoms with Crippen LogP contribution in [0.1, 0.15) is 17.3 Å². The number of piperazine rings is 2. The third kappa shape index (κ3) is 4.65. The second-order valence-electron chi connectivity index (χ2n) is 7.58. The molecule has 1 amide bonds. The van der Waals surface area contributed by atoms with Crippen LogP contribution in [0.3, 0.4) is 0 Å². The van der Waals surface area contributed by atoms with Gasteiger partial charge in [-0.05, 0) is 42.9 Å². The Kier molecular flexibility index (Phi) is 6.21. The molecular formula is C22H28ClN5O. The first-order valence-corrected chi connectivity index (χ1v) is 10.7. The standard InChI is InChI=1S/C22H28ClN5O/c1-2-25-9-11-26(12-10-25)20-6-3-18(4-7-20)22(29)28-15-13-27(14-16-28)21-8-5-19(23)17-24-21/h3-8,17H,2,9-16H2,1H3. The summed E-state index contributed by atoms with van der Waals surface area (Å²) in [6, 6.07) is 11.9. The van der Waals surface area contributed by atoms with Gasteiger partial charge in [-0.15, -0.1) is 0 Å². The van der Waals surface area contributed by atoms with E-state index in [1.165, 1.54) is 5.69 Å². The van der Waals surface area contributed by atoms with E-state index >= 15 is 0 Å². The number of halogens is 1. The fourth-order valence-corrected chi connectivity index (χ4v) is 4.13. The van der Waals surface area contributed by atoms with Crippen molar-refractivity contribution in [1.29, 1.82) is 0 Å². The number of amides is 1. The zero-order chi connectivity index (χ0) is 20.2. The summed E-state index contributed by atoms with van der Waals surface area (Å²) >= 11 is 5.92. The molecule has 0 saturated carbocycles. The van der Waals surface area contributed by atoms with Crippen molar-refractivity contribution in [3.8, 4) is 0 Å². The van der Waals surface area contributed by atoms with Gasteiger partial charge < -0.3 is 19.6 Å². The molecule has 0 unspecified atom stereocenters. The van der Waals surface area contributed by atoms with Crippen LogP contribution in [-0.4, -0.2) is 79.6 Å². The molecule has 4 rings (SSSR count). The van der Waals surface area contributed by atoms with Gasteiger partial charge in [0.2, 0.25) is 0 Å². The van der Waals surface area contributed by atoms with Crippen molar-refractivity contribution < 1.29 is 4.79 Å². The maximum Gasteiger partial charge on any atom is 0.253 e. The Labute approximate surface area is 177 Å². The summed E-state index contributed by atoms with van der Waals surface area (Å²) in [5, 5.41) is 0.637. The van der Waals surface area contributed by atoms with Crippen molar-refractivity contribution in [2.24, 2.45) is 0 Å². The molecule has 1 aromatic heterocycles. The van der Waals surface area contributed by atoms with E-state index in [0.29, 0.717) is 18.1 Å². The molecule has 0 aliphatic carbocycles. The lowest BCUT2D eigenvalue weighted by Gasteiger charge is -2.36. The van der Waals surface area contributed by atoms with Crippen molar-refractivity contribution in [2.45, 2.75) is 6.92 Å². The number of rotatable bonds is 4. The number of pyridine rings is 1. The van der Waals surface area contributed by atoms with Gasteiger partial charge in [-0.25, -0.2) is 4.98 Å². The highest BCUT2D eigenvalue weighted by molar-refractivity contribution is 6.30. The summed E-state index contributed by atoms with van der Waals surface area (Å²) in [7, 11) is 0. The van der Waals surface area contributed by atoms with Crippen LogP contribution >= 0.6 is 11.6 Å². The van der Waals surface area contributed by atoms with E-state index in [1.807, 2.05) is 29.2 Å². The summed E-state index contributed by atoms with van der Waals surface area (Å²) in [5.74, 6) is 1.02. The minimum absolute atomic E-state index is 0.107. The topological polar surface area (TPSA) is 42.9 Å². The van der Waals surface area contributed by atoms with Crippen LogP contribution in [0, 0.1) is 0 Å². The zero-order valence-corrected chi connectivity index (χ0v) is 17.7. The highest BCUT2D eigenvalue weighted by atomic mass is 35.5. The van der Waals surface area contributed by atoms with Crippen molar-refractivity contribution in [2.75, 3.05) is 68.7 Å². The van der Waals surface area contributed by atoms with E-state index in [9.17, 15) is 4.79 Å². The Morgan fingerprint density at radius 1 is 0.897 bits per heavy atom. The van der Waals surface area contributed by atoms with Gasteiger partial charge in [-0.1, -0.05) is 18.5 Å². The van der Waals surface area contributed by atoms with Crippen LogP contribution in [0.2, 0.25) is 5.02 Å². The van der Waals surface area contributed by atoms with Gasteiger partial charge in [0.1, 0.15) is 5.82 Å². The number of anilines is 2. The lowest BCUT2D eigenvalue weighted by Crippen LogP contribution is -2.49. The van der Waals surface area contributed by atoms with E-state index in [2.05, 4.69) is 38.7 Å². The molecule has 2 fully saturated rings. The van der Waals surface area contributed by atoms with Crippen LogP contribution in [0.5, 0.6) is 0 Å². The molecule has 2 aliphatic rings. The van der Waals surface area contributed by atoms with Crippen LogP contribution in [0.15, 0.2) is 42.6 Å². The zero-order valence-electron chi connectivity index (χ0n) is 16.9. The van der Waals surface area contributed by atoms with Gasteiger partial charge in [-0.3, -0.25) is 4.79 Å². The number of hydrogen-bond acceptors (Lipinski definition) is 5. The number of carbonyl (C=O) groups is 1. The minimum atomic E-state index is 0.107. The smallest absolute Gasteiger partial charge is 0.253 e. The lowest BCUT2D eigenvalue weighted by molar-refractivity contribution is 0.0746. The van der Waals surface area contributed by atoms with Gasteiger partial charge in [0.25, 0.3) is 5.91 Å². The van der Waals surface area contributed by atoms with Gasteiger partial charge in [0.05, 0.1) is 5.02 Å². The predicted octanol–water partition coefficient (Wildman–Crippen LogP) is 2.84. The summed E-state index contributed by atoms with van der Waals surface area (Å²) in [6.07, 6.45) is 1.66. The van der Waals surface area contributed by atoms with E-state index in [1.54, 1.807) is 6.20 Å². The summed E-state index contributed by atoms with van der Waals surface area (Å²) in [4.78, 5) is 26.3. The second-order valence-corrected chi connectivity index (χ2v) is 8.02. The van der Waals surface area contributed by atoms with Crippen molar-refractivity contribution in [1.82, 2.24) is 14.8 Å². The van der Waals surface area contributed by atoms with Crippen molar-refractivity contribution in [3.05, 3.63) is 53.2 Å². The summed E-state index contributed by atoms with van der Waals surface area (Å²) in [5.41, 5.74) is 1.97. The Balaban J connectivity index is 1.32. The maximum absolute atomic E-state index is 12.9. The molecular weight excluding hydrogens is 386 g/mol. The first kappa shape index (κ1) is 20.0. The molecule has 1 aromatic carbocycles. The molecule has 29 heavy (non-hydrogen) atoms. The highest BCUT2D eigenvalue weighted by Crippen LogP contribution is 2.20. The molecule has 2 saturated heterocycles. The van der Waals surface area contributed by atoms with E-state index < -0.39 is 0 Å². The number of carbonyl (C=O) groups excluding carboxylic acids is 1. The Bertz CT molecular complexity index is 810. The van der Waals surface area contributed by atoms with E-state index in [0.717, 1.165) is 57.2 Å². The fraction of sp³-hybridized carbons (Fsp3) is 0.455. The molecule has 3 heterocycles. The Morgan fingerprint density at radius 2 is 1.55 bits per heavy atom. The molecule has 0 bridgehead atoms. The SMILES string of the molecule is CCN1CCN(c2ccc(C(=O)N3CCN(c4ccc(Cl)cn4)CC3)cc2)CC1. The van der Waals surface area contributed by atoms with Crippen LogP contribution in [0.4, 0.5) is 11.5 Å². The number of hydrogen-bond donors (Lipinski definition) is 0. The van der Waals surface area contributed by atoms with Gasteiger partial charge in [0.15, 0.2) is 0 Å². The number of likely N-dealkylation sites (N-methyl/N-ethyl adjacent to an activating group) is 1. The molecule has 7 heteroatoms. The molecule has 2 aliphatic heterocycles. The molecule has 154 valence electrons. The Morgan fingerprint density at radius 3 is 2.14 bits per heavy atom. The van der Waals surface area contributed by atoms with Gasteiger partial charge in [-0.2, -0.15) is 0 Å². The number of nitrogens with zero attached hydrogens (tertiary/aromatic N) is 5. The van der Waals surface area contributed by atoms with Crippen molar-refractivity contribution >= 4 is 29.0 Å². The summed E-state index contributed by atoms with van der Waals surface area (Å²) in [6.45, 7) is 10.6. The maximum atomic E-state index is 12.9. The molecule has 6 nitrogen and oxygen atoms in total. The third-order valence-corrected chi connectivity index (χ3v) is 6.13. The largest absolute Gasteiger partial charge is 0.369 e. The third-order valence-electron chi connectivity index (χ3n) is 5.90. The van der Waals surface area contributed by atoms with Crippen LogP contribution in [-0.2, 0) is 0 Å². The molecule has 0 atom stereocenters. The fourth-order valence-electron chi connectivity index (χ4n) is 4.01. The highest BCUT2D eigenvalue weighted by Gasteiger charge is 2.23. The molecule has 0 N–H and O–H groups in total. The summed E-state index contributed by atoms with van der Waals surface area (Å²) < 4.78 is 0. The monoisotopic (exact) mass is 413 g/mol. The van der Waals surface area contributed by atoms with Gasteiger partial charge >= 0.3 is 0 Å². The molecule has 0 radical (unpaired) electrons. The Hall–Kier alpha value is -2.31. The van der Waals surface area contributed by atoms with Crippen molar-refractivity contribution in [3.63, 3.8) is 0 Å².